The van der Waals surface area contributed by atoms with Crippen LogP contribution in [-0.2, 0) is 6.54 Å². The summed E-state index contributed by atoms with van der Waals surface area (Å²) in [5.41, 5.74) is 0.477. The third kappa shape index (κ3) is 4.71. The number of alkyl halides is 2. The maximum Gasteiger partial charge on any atom is 0.387 e. The molecule has 0 saturated heterocycles. The SMILES string of the molecule is CCOc1cc(CN(C)C(=O)c2cc(C(=O)O)co2)ccc1OC(F)F. The predicted molar refractivity (Wildman–Crippen MR) is 85.7 cm³/mol. The third-order valence-electron chi connectivity index (χ3n) is 3.35. The molecule has 0 fully saturated rings. The minimum atomic E-state index is -2.98. The van der Waals surface area contributed by atoms with Crippen LogP contribution < -0.4 is 9.47 Å². The molecule has 140 valence electrons. The van der Waals surface area contributed by atoms with Crippen LogP contribution in [0.1, 0.15) is 33.4 Å². The van der Waals surface area contributed by atoms with E-state index in [0.29, 0.717) is 5.56 Å². The molecule has 2 aromatic rings. The van der Waals surface area contributed by atoms with E-state index in [9.17, 15) is 18.4 Å². The molecule has 0 atom stereocenters. The van der Waals surface area contributed by atoms with Gasteiger partial charge in [-0.3, -0.25) is 4.79 Å². The zero-order valence-electron chi connectivity index (χ0n) is 14.1. The fourth-order valence-electron chi connectivity index (χ4n) is 2.21. The topological polar surface area (TPSA) is 89.2 Å². The molecular weight excluding hydrogens is 352 g/mol. The van der Waals surface area contributed by atoms with Crippen molar-refractivity contribution in [3.63, 3.8) is 0 Å². The number of furan rings is 1. The summed E-state index contributed by atoms with van der Waals surface area (Å²) in [5, 5.41) is 8.86. The van der Waals surface area contributed by atoms with Gasteiger partial charge in [0.25, 0.3) is 5.91 Å². The summed E-state index contributed by atoms with van der Waals surface area (Å²) < 4.78 is 39.5. The van der Waals surface area contributed by atoms with Crippen LogP contribution in [0.2, 0.25) is 0 Å². The molecule has 1 aromatic heterocycles. The van der Waals surface area contributed by atoms with Gasteiger partial charge in [-0.15, -0.1) is 0 Å². The third-order valence-corrected chi connectivity index (χ3v) is 3.35. The molecule has 26 heavy (non-hydrogen) atoms. The monoisotopic (exact) mass is 369 g/mol. The zero-order chi connectivity index (χ0) is 19.3. The van der Waals surface area contributed by atoms with Crippen molar-refractivity contribution < 1.29 is 37.4 Å². The second-order valence-electron chi connectivity index (χ2n) is 5.26. The number of aromatic carboxylic acids is 1. The minimum absolute atomic E-state index is 0.100. The van der Waals surface area contributed by atoms with Gasteiger partial charge in [-0.25, -0.2) is 4.79 Å². The van der Waals surface area contributed by atoms with E-state index in [-0.39, 0.29) is 36.0 Å². The van der Waals surface area contributed by atoms with Crippen molar-refractivity contribution in [3.8, 4) is 11.5 Å². The van der Waals surface area contributed by atoms with E-state index in [1.165, 1.54) is 30.1 Å². The molecule has 0 aliphatic heterocycles. The van der Waals surface area contributed by atoms with E-state index in [0.717, 1.165) is 12.3 Å². The lowest BCUT2D eigenvalue weighted by atomic mass is 10.2. The molecule has 0 unspecified atom stereocenters. The lowest BCUT2D eigenvalue weighted by Gasteiger charge is -2.17. The van der Waals surface area contributed by atoms with Crippen LogP contribution in [0, 0.1) is 0 Å². The highest BCUT2D eigenvalue weighted by Crippen LogP contribution is 2.30. The Balaban J connectivity index is 2.14. The van der Waals surface area contributed by atoms with Crippen molar-refractivity contribution in [1.82, 2.24) is 4.90 Å². The van der Waals surface area contributed by atoms with Crippen LogP contribution in [0.15, 0.2) is 34.9 Å². The fraction of sp³-hybridized carbons (Fsp3) is 0.294. The second kappa shape index (κ2) is 8.32. The van der Waals surface area contributed by atoms with Gasteiger partial charge in [0.15, 0.2) is 17.3 Å². The smallest absolute Gasteiger partial charge is 0.387 e. The predicted octanol–water partition coefficient (Wildman–Crippen LogP) is 3.25. The Labute approximate surface area is 147 Å². The molecule has 0 spiro atoms. The maximum absolute atomic E-state index is 12.4. The summed E-state index contributed by atoms with van der Waals surface area (Å²) in [5.74, 6) is -1.81. The van der Waals surface area contributed by atoms with Gasteiger partial charge < -0.3 is 23.9 Å². The summed E-state index contributed by atoms with van der Waals surface area (Å²) in [6, 6.07) is 5.48. The highest BCUT2D eigenvalue weighted by molar-refractivity contribution is 5.95. The van der Waals surface area contributed by atoms with E-state index >= 15 is 0 Å². The first-order valence-corrected chi connectivity index (χ1v) is 7.59. The lowest BCUT2D eigenvalue weighted by Crippen LogP contribution is -2.25. The van der Waals surface area contributed by atoms with E-state index in [4.69, 9.17) is 14.3 Å². The number of carbonyl (C=O) groups excluding carboxylic acids is 1. The van der Waals surface area contributed by atoms with E-state index in [2.05, 4.69) is 4.74 Å². The summed E-state index contributed by atoms with van der Waals surface area (Å²) >= 11 is 0. The number of rotatable bonds is 8. The molecule has 0 aliphatic rings. The molecule has 2 rings (SSSR count). The summed E-state index contributed by atoms with van der Waals surface area (Å²) in [6.45, 7) is -0.906. The molecule has 0 aliphatic carbocycles. The minimum Gasteiger partial charge on any atom is -0.490 e. The molecule has 0 radical (unpaired) electrons. The summed E-state index contributed by atoms with van der Waals surface area (Å²) in [6.07, 6.45) is 0.979. The van der Waals surface area contributed by atoms with Gasteiger partial charge in [-0.05, 0) is 24.6 Å². The van der Waals surface area contributed by atoms with Gasteiger partial charge in [-0.2, -0.15) is 8.78 Å². The van der Waals surface area contributed by atoms with Gasteiger partial charge in [0.1, 0.15) is 6.26 Å². The first-order valence-electron chi connectivity index (χ1n) is 7.59. The molecule has 9 heteroatoms. The van der Waals surface area contributed by atoms with Crippen LogP contribution in [0.5, 0.6) is 11.5 Å². The number of carboxylic acid groups (broad SMARTS) is 1. The van der Waals surface area contributed by atoms with Gasteiger partial charge in [0.05, 0.1) is 12.2 Å². The largest absolute Gasteiger partial charge is 0.490 e. The number of carbonyl (C=O) groups is 2. The Hall–Kier alpha value is -3.10. The fourth-order valence-corrected chi connectivity index (χ4v) is 2.21. The van der Waals surface area contributed by atoms with Crippen LogP contribution in [-0.4, -0.2) is 42.1 Å². The van der Waals surface area contributed by atoms with E-state index in [1.807, 2.05) is 0 Å². The van der Waals surface area contributed by atoms with Crippen LogP contribution >= 0.6 is 0 Å². The van der Waals surface area contributed by atoms with Crippen molar-refractivity contribution in [2.45, 2.75) is 20.1 Å². The number of ether oxygens (including phenoxy) is 2. The number of benzene rings is 1. The molecule has 1 N–H and O–H groups in total. The van der Waals surface area contributed by atoms with Gasteiger partial charge in [0.2, 0.25) is 0 Å². The van der Waals surface area contributed by atoms with Crippen LogP contribution in [0.3, 0.4) is 0 Å². The number of nitrogens with zero attached hydrogens (tertiary/aromatic N) is 1. The zero-order valence-corrected chi connectivity index (χ0v) is 14.1. The highest BCUT2D eigenvalue weighted by atomic mass is 19.3. The summed E-state index contributed by atoms with van der Waals surface area (Å²) in [7, 11) is 1.50. The number of amides is 1. The highest BCUT2D eigenvalue weighted by Gasteiger charge is 2.19. The average molecular weight is 369 g/mol. The van der Waals surface area contributed by atoms with Crippen molar-refractivity contribution in [2.75, 3.05) is 13.7 Å². The second-order valence-corrected chi connectivity index (χ2v) is 5.26. The average Bonchev–Trinajstić information content (AvgIpc) is 3.06. The molecule has 0 bridgehead atoms. The number of hydrogen-bond donors (Lipinski definition) is 1. The van der Waals surface area contributed by atoms with E-state index in [1.54, 1.807) is 6.92 Å². The van der Waals surface area contributed by atoms with Gasteiger partial charge in [-0.1, -0.05) is 6.07 Å². The molecule has 0 saturated carbocycles. The van der Waals surface area contributed by atoms with Gasteiger partial charge >= 0.3 is 12.6 Å². The standard InChI is InChI=1S/C17H17F2NO6/c1-3-24-13-6-10(4-5-12(13)26-17(18)19)8-20(2)15(21)14-7-11(9-25-14)16(22)23/h4-7,9,17H,3,8H2,1-2H3,(H,22,23). The van der Waals surface area contributed by atoms with Gasteiger partial charge in [0, 0.05) is 19.7 Å². The first-order chi connectivity index (χ1) is 12.3. The molecule has 7 nitrogen and oxygen atoms in total. The van der Waals surface area contributed by atoms with Crippen LogP contribution in [0.4, 0.5) is 8.78 Å². The number of halogens is 2. The Bertz CT molecular complexity index is 789. The number of hydrogen-bond acceptors (Lipinski definition) is 5. The van der Waals surface area contributed by atoms with E-state index < -0.39 is 18.5 Å². The summed E-state index contributed by atoms with van der Waals surface area (Å²) in [4.78, 5) is 24.4. The van der Waals surface area contributed by atoms with Crippen LogP contribution in [0.25, 0.3) is 0 Å². The molecule has 1 heterocycles. The normalized spacial score (nSPS) is 10.7. The Morgan fingerprint density at radius 1 is 1.27 bits per heavy atom. The Morgan fingerprint density at radius 3 is 2.58 bits per heavy atom. The quantitative estimate of drug-likeness (QED) is 0.768. The molecule has 1 amide bonds. The van der Waals surface area contributed by atoms with Crippen molar-refractivity contribution in [3.05, 3.63) is 47.4 Å². The Morgan fingerprint density at radius 2 is 2.00 bits per heavy atom. The number of carboxylic acids is 1. The van der Waals surface area contributed by atoms with Crippen molar-refractivity contribution in [1.29, 1.82) is 0 Å². The van der Waals surface area contributed by atoms with Crippen molar-refractivity contribution >= 4 is 11.9 Å². The Kier molecular flexibility index (Phi) is 6.16. The van der Waals surface area contributed by atoms with Crippen molar-refractivity contribution in [2.24, 2.45) is 0 Å². The molecular formula is C17H17F2NO6. The molecule has 1 aromatic carbocycles. The first kappa shape index (κ1) is 19.2. The lowest BCUT2D eigenvalue weighted by molar-refractivity contribution is -0.0514. The maximum atomic E-state index is 12.4.